The number of alkyl halides is 3. The summed E-state index contributed by atoms with van der Waals surface area (Å²) in [6.07, 6.45) is -0.859. The van der Waals surface area contributed by atoms with Gasteiger partial charge in [-0.2, -0.15) is 18.2 Å². The molecule has 2 N–H and O–H groups in total. The highest BCUT2D eigenvalue weighted by Crippen LogP contribution is 2.34. The summed E-state index contributed by atoms with van der Waals surface area (Å²) in [6, 6.07) is 9.58. The number of para-hydroxylation sites is 1. The molecule has 1 aliphatic rings. The van der Waals surface area contributed by atoms with Gasteiger partial charge in [0.1, 0.15) is 11.6 Å². The van der Waals surface area contributed by atoms with Gasteiger partial charge < -0.3 is 15.5 Å². The zero-order valence-corrected chi connectivity index (χ0v) is 20.3. The van der Waals surface area contributed by atoms with Crippen LogP contribution in [0.5, 0.6) is 0 Å². The molecule has 10 heteroatoms. The fourth-order valence-corrected chi connectivity index (χ4v) is 4.75. The summed E-state index contributed by atoms with van der Waals surface area (Å²) in [5.41, 5.74) is -0.139. The van der Waals surface area contributed by atoms with Crippen molar-refractivity contribution >= 4 is 34.3 Å². The van der Waals surface area contributed by atoms with Gasteiger partial charge in [0, 0.05) is 37.6 Å². The van der Waals surface area contributed by atoms with E-state index < -0.39 is 22.6 Å². The Balaban J connectivity index is 1.31. The van der Waals surface area contributed by atoms with Crippen molar-refractivity contribution in [3.05, 3.63) is 58.4 Å². The minimum absolute atomic E-state index is 0.00804. The smallest absolute Gasteiger partial charge is 0.362 e. The number of aromatic nitrogens is 2. The third kappa shape index (κ3) is 6.13. The molecule has 1 aliphatic carbocycles. The van der Waals surface area contributed by atoms with E-state index in [1.54, 1.807) is 0 Å². The summed E-state index contributed by atoms with van der Waals surface area (Å²) in [5, 5.41) is 7.05. The number of rotatable bonds is 7. The van der Waals surface area contributed by atoms with Crippen molar-refractivity contribution < 1.29 is 17.6 Å². The molecule has 2 aromatic carbocycles. The quantitative estimate of drug-likeness (QED) is 0.368. The van der Waals surface area contributed by atoms with E-state index in [9.17, 15) is 17.6 Å². The second kappa shape index (κ2) is 10.5. The molecule has 0 amide bonds. The van der Waals surface area contributed by atoms with Crippen molar-refractivity contribution in [3.63, 3.8) is 0 Å². The fourth-order valence-electron chi connectivity index (χ4n) is 4.51. The van der Waals surface area contributed by atoms with Crippen LogP contribution >= 0.6 is 11.6 Å². The van der Waals surface area contributed by atoms with Crippen molar-refractivity contribution in [2.75, 3.05) is 30.9 Å². The van der Waals surface area contributed by atoms with E-state index in [2.05, 4.69) is 15.6 Å². The third-order valence-electron chi connectivity index (χ3n) is 6.37. The lowest BCUT2D eigenvalue weighted by Crippen LogP contribution is -2.32. The molecule has 188 valence electrons. The highest BCUT2D eigenvalue weighted by atomic mass is 35.5. The minimum atomic E-state index is -4.57. The Morgan fingerprint density at radius 1 is 1.06 bits per heavy atom. The number of nitrogens with one attached hydrogen (secondary N) is 2. The Kier molecular flexibility index (Phi) is 7.66. The van der Waals surface area contributed by atoms with Crippen LogP contribution in [-0.4, -0.2) is 36.6 Å². The largest absolute Gasteiger partial charge is 0.416 e. The SMILES string of the molecule is CN(C)c1nc(N[C@H]2CC[C@@H](CNCc3cc(C(F)(F)F)cc(Cl)c3F)CC2)nc2ccccc12. The van der Waals surface area contributed by atoms with E-state index in [4.69, 9.17) is 16.6 Å². The number of hydrogen-bond acceptors (Lipinski definition) is 5. The molecule has 0 bridgehead atoms. The van der Waals surface area contributed by atoms with Gasteiger partial charge >= 0.3 is 6.18 Å². The van der Waals surface area contributed by atoms with E-state index in [-0.39, 0.29) is 18.2 Å². The maximum Gasteiger partial charge on any atom is 0.416 e. The van der Waals surface area contributed by atoms with Gasteiger partial charge in [0.15, 0.2) is 0 Å². The molecule has 0 radical (unpaired) electrons. The van der Waals surface area contributed by atoms with Crippen LogP contribution in [0, 0.1) is 11.7 Å². The molecule has 0 unspecified atom stereocenters. The van der Waals surface area contributed by atoms with E-state index in [0.29, 0.717) is 24.5 Å². The van der Waals surface area contributed by atoms with Crippen LogP contribution in [0.1, 0.15) is 36.8 Å². The molecule has 0 atom stereocenters. The van der Waals surface area contributed by atoms with Gasteiger partial charge in [-0.3, -0.25) is 0 Å². The van der Waals surface area contributed by atoms with Crippen molar-refractivity contribution in [3.8, 4) is 0 Å². The van der Waals surface area contributed by atoms with Gasteiger partial charge in [-0.25, -0.2) is 9.37 Å². The summed E-state index contributed by atoms with van der Waals surface area (Å²) < 4.78 is 53.2. The molecule has 35 heavy (non-hydrogen) atoms. The Hall–Kier alpha value is -2.65. The van der Waals surface area contributed by atoms with Gasteiger partial charge in [-0.1, -0.05) is 23.7 Å². The van der Waals surface area contributed by atoms with Gasteiger partial charge in [-0.15, -0.1) is 0 Å². The fraction of sp³-hybridized carbons (Fsp3) is 0.440. The first kappa shape index (κ1) is 25.4. The van der Waals surface area contributed by atoms with Crippen molar-refractivity contribution in [1.82, 2.24) is 15.3 Å². The van der Waals surface area contributed by atoms with Gasteiger partial charge in [-0.05, 0) is 62.4 Å². The van der Waals surface area contributed by atoms with Crippen LogP contribution < -0.4 is 15.5 Å². The number of hydrogen-bond donors (Lipinski definition) is 2. The Bertz CT molecular complexity index is 1180. The summed E-state index contributed by atoms with van der Waals surface area (Å²) in [7, 11) is 3.91. The van der Waals surface area contributed by atoms with Crippen LogP contribution in [0.25, 0.3) is 10.9 Å². The second-order valence-corrected chi connectivity index (χ2v) is 9.61. The number of fused-ring (bicyclic) bond motifs is 1. The van der Waals surface area contributed by atoms with Crippen molar-refractivity contribution in [1.29, 1.82) is 0 Å². The first-order chi connectivity index (χ1) is 16.6. The van der Waals surface area contributed by atoms with Crippen molar-refractivity contribution in [2.45, 2.75) is 44.4 Å². The highest BCUT2D eigenvalue weighted by Gasteiger charge is 2.32. The zero-order chi connectivity index (χ0) is 25.2. The number of nitrogens with zero attached hydrogens (tertiary/aromatic N) is 3. The normalized spacial score (nSPS) is 18.6. The van der Waals surface area contributed by atoms with Crippen LogP contribution in [-0.2, 0) is 12.7 Å². The molecular weight excluding hydrogens is 482 g/mol. The Morgan fingerprint density at radius 2 is 1.77 bits per heavy atom. The van der Waals surface area contributed by atoms with Crippen LogP contribution in [0.2, 0.25) is 5.02 Å². The lowest BCUT2D eigenvalue weighted by Gasteiger charge is -2.29. The van der Waals surface area contributed by atoms with Crippen molar-refractivity contribution in [2.24, 2.45) is 5.92 Å². The van der Waals surface area contributed by atoms with E-state index >= 15 is 0 Å². The monoisotopic (exact) mass is 509 g/mol. The molecule has 0 aliphatic heterocycles. The predicted octanol–water partition coefficient (Wildman–Crippen LogP) is 6.27. The first-order valence-electron chi connectivity index (χ1n) is 11.6. The molecular formula is C25H28ClF4N5. The summed E-state index contributed by atoms with van der Waals surface area (Å²) in [6.45, 7) is 0.586. The average Bonchev–Trinajstić information content (AvgIpc) is 2.81. The molecule has 0 spiro atoms. The average molecular weight is 510 g/mol. The van der Waals surface area contributed by atoms with Crippen LogP contribution in [0.4, 0.5) is 29.3 Å². The molecule has 1 saturated carbocycles. The second-order valence-electron chi connectivity index (χ2n) is 9.20. The Labute approximate surface area is 206 Å². The third-order valence-corrected chi connectivity index (χ3v) is 6.64. The standard InChI is InChI=1S/C25H28ClF4N5/c1-35(2)23-19-5-3-4-6-21(19)33-24(34-23)32-18-9-7-15(8-10-18)13-31-14-16-11-17(25(28,29)30)12-20(26)22(16)27/h3-6,11-12,15,18,31H,7-10,13-14H2,1-2H3,(H,32,33,34)/t15-,18+. The predicted molar refractivity (Wildman–Crippen MR) is 131 cm³/mol. The number of anilines is 2. The molecule has 1 fully saturated rings. The maximum absolute atomic E-state index is 14.2. The van der Waals surface area contributed by atoms with Crippen LogP contribution in [0.3, 0.4) is 0 Å². The molecule has 5 nitrogen and oxygen atoms in total. The molecule has 4 rings (SSSR count). The highest BCUT2D eigenvalue weighted by molar-refractivity contribution is 6.30. The zero-order valence-electron chi connectivity index (χ0n) is 19.6. The summed E-state index contributed by atoms with van der Waals surface area (Å²) in [4.78, 5) is 11.3. The topological polar surface area (TPSA) is 53.1 Å². The first-order valence-corrected chi connectivity index (χ1v) is 12.0. The lowest BCUT2D eigenvalue weighted by molar-refractivity contribution is -0.137. The van der Waals surface area contributed by atoms with Crippen LogP contribution in [0.15, 0.2) is 36.4 Å². The number of halogens is 5. The van der Waals surface area contributed by atoms with E-state index in [1.807, 2.05) is 43.3 Å². The molecule has 0 saturated heterocycles. The molecule has 1 aromatic heterocycles. The molecule has 3 aromatic rings. The molecule has 1 heterocycles. The number of benzene rings is 2. The maximum atomic E-state index is 14.2. The summed E-state index contributed by atoms with van der Waals surface area (Å²) in [5.74, 6) is 1.00. The summed E-state index contributed by atoms with van der Waals surface area (Å²) >= 11 is 5.67. The Morgan fingerprint density at radius 3 is 2.46 bits per heavy atom. The van der Waals surface area contributed by atoms with E-state index in [0.717, 1.165) is 48.5 Å². The lowest BCUT2D eigenvalue weighted by atomic mass is 9.86. The van der Waals surface area contributed by atoms with Gasteiger partial charge in [0.2, 0.25) is 5.95 Å². The van der Waals surface area contributed by atoms with Gasteiger partial charge in [0.25, 0.3) is 0 Å². The minimum Gasteiger partial charge on any atom is -0.362 e. The van der Waals surface area contributed by atoms with E-state index in [1.165, 1.54) is 0 Å². The van der Waals surface area contributed by atoms with Gasteiger partial charge in [0.05, 0.1) is 16.1 Å².